The molecule has 4 rings (SSSR count). The number of nitrogens with one attached hydrogen (secondary N) is 1. The molecule has 2 aromatic rings. The van der Waals surface area contributed by atoms with E-state index in [2.05, 4.69) is 15.2 Å². The van der Waals surface area contributed by atoms with E-state index in [0.29, 0.717) is 18.7 Å². The van der Waals surface area contributed by atoms with E-state index in [9.17, 15) is 9.59 Å². The molecular weight excluding hydrogens is 376 g/mol. The summed E-state index contributed by atoms with van der Waals surface area (Å²) >= 11 is 0. The zero-order chi connectivity index (χ0) is 20.8. The molecule has 1 N–H and O–H groups in total. The summed E-state index contributed by atoms with van der Waals surface area (Å²) in [6.07, 6.45) is 5.67. The van der Waals surface area contributed by atoms with Crippen LogP contribution in [0.2, 0.25) is 0 Å². The van der Waals surface area contributed by atoms with Crippen molar-refractivity contribution in [2.24, 2.45) is 5.92 Å². The lowest BCUT2D eigenvalue weighted by molar-refractivity contribution is -0.126. The number of piperidine rings is 1. The van der Waals surface area contributed by atoms with E-state index < -0.39 is 0 Å². The second kappa shape index (κ2) is 9.85. The molecule has 30 heavy (non-hydrogen) atoms. The molecule has 0 atom stereocenters. The number of aromatic nitrogens is 1. The van der Waals surface area contributed by atoms with Gasteiger partial charge in [0, 0.05) is 49.4 Å². The van der Waals surface area contributed by atoms with Gasteiger partial charge < -0.3 is 15.1 Å². The average Bonchev–Trinajstić information content (AvgIpc) is 3.33. The standard InChI is InChI=1S/C24H30N4O2/c29-23(26-12-17-27-13-4-5-14-27)20-9-15-28(16-10-20)24(30)21-8-11-25-22(18-21)19-6-2-1-3-7-19/h1-3,6-8,11,18,20H,4-5,9-10,12-17H2,(H,26,29). The summed E-state index contributed by atoms with van der Waals surface area (Å²) in [4.78, 5) is 34.1. The number of amides is 2. The normalized spacial score (nSPS) is 17.8. The van der Waals surface area contributed by atoms with Crippen molar-refractivity contribution in [3.8, 4) is 11.3 Å². The van der Waals surface area contributed by atoms with Gasteiger partial charge in [-0.25, -0.2) is 0 Å². The minimum Gasteiger partial charge on any atom is -0.355 e. The third-order valence-electron chi connectivity index (χ3n) is 6.16. The maximum Gasteiger partial charge on any atom is 0.253 e. The van der Waals surface area contributed by atoms with Crippen LogP contribution in [-0.2, 0) is 4.79 Å². The molecule has 158 valence electrons. The molecule has 1 aromatic carbocycles. The quantitative estimate of drug-likeness (QED) is 0.801. The Hall–Kier alpha value is -2.73. The Labute approximate surface area is 178 Å². The Kier molecular flexibility index (Phi) is 6.74. The second-order valence-corrected chi connectivity index (χ2v) is 8.20. The highest BCUT2D eigenvalue weighted by molar-refractivity contribution is 5.95. The molecular formula is C24H30N4O2. The van der Waals surface area contributed by atoms with Crippen LogP contribution in [0.4, 0.5) is 0 Å². The van der Waals surface area contributed by atoms with Crippen LogP contribution in [0, 0.1) is 5.92 Å². The van der Waals surface area contributed by atoms with Gasteiger partial charge in [-0.2, -0.15) is 0 Å². The van der Waals surface area contributed by atoms with Crippen molar-refractivity contribution in [2.75, 3.05) is 39.3 Å². The van der Waals surface area contributed by atoms with Crippen LogP contribution in [0.5, 0.6) is 0 Å². The van der Waals surface area contributed by atoms with Gasteiger partial charge in [-0.05, 0) is 50.9 Å². The van der Waals surface area contributed by atoms with Gasteiger partial charge in [0.15, 0.2) is 0 Å². The summed E-state index contributed by atoms with van der Waals surface area (Å²) in [6.45, 7) is 5.19. The first-order valence-corrected chi connectivity index (χ1v) is 11.0. The van der Waals surface area contributed by atoms with Gasteiger partial charge in [0.25, 0.3) is 5.91 Å². The molecule has 0 saturated carbocycles. The van der Waals surface area contributed by atoms with Crippen molar-refractivity contribution in [2.45, 2.75) is 25.7 Å². The zero-order valence-corrected chi connectivity index (χ0v) is 17.4. The summed E-state index contributed by atoms with van der Waals surface area (Å²) < 4.78 is 0. The lowest BCUT2D eigenvalue weighted by atomic mass is 9.95. The van der Waals surface area contributed by atoms with E-state index in [1.54, 1.807) is 12.3 Å². The number of hydrogen-bond donors (Lipinski definition) is 1. The highest BCUT2D eigenvalue weighted by Gasteiger charge is 2.28. The molecule has 2 amide bonds. The Balaban J connectivity index is 1.27. The molecule has 2 aliphatic heterocycles. The molecule has 0 aliphatic carbocycles. The van der Waals surface area contributed by atoms with Gasteiger partial charge in [0.05, 0.1) is 5.69 Å². The van der Waals surface area contributed by atoms with Crippen LogP contribution in [0.25, 0.3) is 11.3 Å². The van der Waals surface area contributed by atoms with Gasteiger partial charge in [0.1, 0.15) is 0 Å². The van der Waals surface area contributed by atoms with Gasteiger partial charge in [0.2, 0.25) is 5.91 Å². The molecule has 1 aromatic heterocycles. The number of carbonyl (C=O) groups excluding carboxylic acids is 2. The molecule has 0 bridgehead atoms. The van der Waals surface area contributed by atoms with Crippen LogP contribution in [0.1, 0.15) is 36.0 Å². The molecule has 2 fully saturated rings. The number of carbonyl (C=O) groups is 2. The van der Waals surface area contributed by atoms with Crippen molar-refractivity contribution in [1.29, 1.82) is 0 Å². The predicted molar refractivity (Wildman–Crippen MR) is 117 cm³/mol. The molecule has 0 radical (unpaired) electrons. The van der Waals surface area contributed by atoms with E-state index in [1.165, 1.54) is 12.8 Å². The fourth-order valence-electron chi connectivity index (χ4n) is 4.35. The fourth-order valence-corrected chi connectivity index (χ4v) is 4.35. The maximum absolute atomic E-state index is 13.0. The number of pyridine rings is 1. The monoisotopic (exact) mass is 406 g/mol. The van der Waals surface area contributed by atoms with Crippen molar-refractivity contribution < 1.29 is 9.59 Å². The second-order valence-electron chi connectivity index (χ2n) is 8.20. The summed E-state index contributed by atoms with van der Waals surface area (Å²) in [5.74, 6) is 0.156. The Bertz CT molecular complexity index is 857. The van der Waals surface area contributed by atoms with Gasteiger partial charge in [-0.15, -0.1) is 0 Å². The number of benzene rings is 1. The van der Waals surface area contributed by atoms with E-state index in [-0.39, 0.29) is 17.7 Å². The van der Waals surface area contributed by atoms with Gasteiger partial charge >= 0.3 is 0 Å². The predicted octanol–water partition coefficient (Wildman–Crippen LogP) is 2.81. The molecule has 0 spiro atoms. The van der Waals surface area contributed by atoms with E-state index >= 15 is 0 Å². The first-order valence-electron chi connectivity index (χ1n) is 11.0. The third-order valence-corrected chi connectivity index (χ3v) is 6.16. The SMILES string of the molecule is O=C(NCCN1CCCC1)C1CCN(C(=O)c2ccnc(-c3ccccc3)c2)CC1. The molecule has 2 aliphatic rings. The van der Waals surface area contributed by atoms with Gasteiger partial charge in [-0.3, -0.25) is 14.6 Å². The van der Waals surface area contributed by atoms with E-state index in [4.69, 9.17) is 0 Å². The topological polar surface area (TPSA) is 65.5 Å². The lowest BCUT2D eigenvalue weighted by Crippen LogP contribution is -2.44. The average molecular weight is 407 g/mol. The van der Waals surface area contributed by atoms with Crippen LogP contribution < -0.4 is 5.32 Å². The van der Waals surface area contributed by atoms with Crippen LogP contribution >= 0.6 is 0 Å². The van der Waals surface area contributed by atoms with Gasteiger partial charge in [-0.1, -0.05) is 30.3 Å². The Morgan fingerprint density at radius 2 is 1.73 bits per heavy atom. The minimum atomic E-state index is 0.00458. The third kappa shape index (κ3) is 5.05. The number of rotatable bonds is 6. The minimum absolute atomic E-state index is 0.00458. The molecule has 3 heterocycles. The zero-order valence-electron chi connectivity index (χ0n) is 17.4. The summed E-state index contributed by atoms with van der Waals surface area (Å²) in [7, 11) is 0. The summed E-state index contributed by atoms with van der Waals surface area (Å²) in [6, 6.07) is 13.5. The molecule has 2 saturated heterocycles. The highest BCUT2D eigenvalue weighted by Crippen LogP contribution is 2.22. The van der Waals surface area contributed by atoms with Crippen LogP contribution in [-0.4, -0.2) is 65.9 Å². The first-order chi connectivity index (χ1) is 14.7. The van der Waals surface area contributed by atoms with Crippen molar-refractivity contribution in [1.82, 2.24) is 20.1 Å². The molecule has 6 nitrogen and oxygen atoms in total. The highest BCUT2D eigenvalue weighted by atomic mass is 16.2. The van der Waals surface area contributed by atoms with Crippen LogP contribution in [0.15, 0.2) is 48.7 Å². The smallest absolute Gasteiger partial charge is 0.253 e. The largest absolute Gasteiger partial charge is 0.355 e. The number of hydrogen-bond acceptors (Lipinski definition) is 4. The molecule has 0 unspecified atom stereocenters. The van der Waals surface area contributed by atoms with E-state index in [1.807, 2.05) is 41.3 Å². The van der Waals surface area contributed by atoms with E-state index in [0.717, 1.165) is 50.3 Å². The van der Waals surface area contributed by atoms with Crippen LogP contribution in [0.3, 0.4) is 0 Å². The van der Waals surface area contributed by atoms with Crippen molar-refractivity contribution in [3.05, 3.63) is 54.2 Å². The number of nitrogens with zero attached hydrogens (tertiary/aromatic N) is 3. The Morgan fingerprint density at radius 1 is 1.00 bits per heavy atom. The van der Waals surface area contributed by atoms with Crippen molar-refractivity contribution >= 4 is 11.8 Å². The number of likely N-dealkylation sites (tertiary alicyclic amines) is 2. The first kappa shape index (κ1) is 20.5. The Morgan fingerprint density at radius 3 is 2.47 bits per heavy atom. The molecule has 6 heteroatoms. The maximum atomic E-state index is 13.0. The van der Waals surface area contributed by atoms with Crippen molar-refractivity contribution in [3.63, 3.8) is 0 Å². The lowest BCUT2D eigenvalue weighted by Gasteiger charge is -2.31. The summed E-state index contributed by atoms with van der Waals surface area (Å²) in [5.41, 5.74) is 2.45. The summed E-state index contributed by atoms with van der Waals surface area (Å²) in [5, 5.41) is 3.09. The fraction of sp³-hybridized carbons (Fsp3) is 0.458.